The Morgan fingerprint density at radius 1 is 1.23 bits per heavy atom. The van der Waals surface area contributed by atoms with Gasteiger partial charge < -0.3 is 15.1 Å². The third-order valence-electron chi connectivity index (χ3n) is 5.43. The van der Waals surface area contributed by atoms with Gasteiger partial charge in [0.2, 0.25) is 5.91 Å². The Morgan fingerprint density at radius 3 is 2.59 bits per heavy atom. The van der Waals surface area contributed by atoms with Crippen LogP contribution in [0.15, 0.2) is 4.99 Å². The highest BCUT2D eigenvalue weighted by molar-refractivity contribution is 5.85. The predicted octanol–water partition coefficient (Wildman–Crippen LogP) is 1.84. The van der Waals surface area contributed by atoms with Crippen molar-refractivity contribution in [2.45, 2.75) is 57.4 Å². The first-order chi connectivity index (χ1) is 10.6. The second kappa shape index (κ2) is 6.47. The van der Waals surface area contributed by atoms with Gasteiger partial charge in [0.25, 0.3) is 0 Å². The van der Waals surface area contributed by atoms with Gasteiger partial charge in [-0.1, -0.05) is 19.3 Å². The van der Waals surface area contributed by atoms with Crippen LogP contribution in [0.25, 0.3) is 0 Å². The third kappa shape index (κ3) is 3.73. The van der Waals surface area contributed by atoms with Crippen molar-refractivity contribution in [1.29, 1.82) is 0 Å². The molecule has 5 nitrogen and oxygen atoms in total. The average Bonchev–Trinajstić information content (AvgIpc) is 3.25. The summed E-state index contributed by atoms with van der Waals surface area (Å²) >= 11 is 0. The van der Waals surface area contributed by atoms with Gasteiger partial charge in [-0.2, -0.15) is 0 Å². The summed E-state index contributed by atoms with van der Waals surface area (Å²) in [6, 6.07) is 0.580. The first-order valence-corrected chi connectivity index (χ1v) is 8.84. The zero-order valence-electron chi connectivity index (χ0n) is 14.1. The minimum atomic E-state index is 0.0710. The van der Waals surface area contributed by atoms with Gasteiger partial charge in [-0.05, 0) is 37.5 Å². The van der Waals surface area contributed by atoms with E-state index in [1.54, 1.807) is 19.0 Å². The standard InChI is InChI=1S/C17H30N4O/c1-20(2)15(22)12-18-16(19-14-6-7-14)21-11-10-17(13-21)8-4-3-5-9-17/h14H,3-13H2,1-2H3,(H,18,19). The molecule has 0 aromatic rings. The second-order valence-corrected chi connectivity index (χ2v) is 7.58. The Morgan fingerprint density at radius 2 is 1.95 bits per heavy atom. The van der Waals surface area contributed by atoms with E-state index < -0.39 is 0 Å². The lowest BCUT2D eigenvalue weighted by atomic mass is 9.73. The smallest absolute Gasteiger partial charge is 0.243 e. The summed E-state index contributed by atoms with van der Waals surface area (Å²) in [7, 11) is 3.58. The molecule has 1 heterocycles. The molecule has 0 atom stereocenters. The maximum atomic E-state index is 11.8. The Bertz CT molecular complexity index is 436. The van der Waals surface area contributed by atoms with E-state index in [1.807, 2.05) is 0 Å². The van der Waals surface area contributed by atoms with Gasteiger partial charge in [0, 0.05) is 33.2 Å². The van der Waals surface area contributed by atoms with Crippen molar-refractivity contribution in [3.63, 3.8) is 0 Å². The summed E-state index contributed by atoms with van der Waals surface area (Å²) < 4.78 is 0. The molecule has 1 spiro atoms. The van der Waals surface area contributed by atoms with Gasteiger partial charge in [-0.15, -0.1) is 0 Å². The molecule has 22 heavy (non-hydrogen) atoms. The number of carbonyl (C=O) groups excluding carboxylic acids is 1. The molecule has 1 N–H and O–H groups in total. The highest BCUT2D eigenvalue weighted by Gasteiger charge is 2.40. The zero-order valence-corrected chi connectivity index (χ0v) is 14.1. The van der Waals surface area contributed by atoms with Crippen LogP contribution in [0.5, 0.6) is 0 Å². The lowest BCUT2D eigenvalue weighted by Crippen LogP contribution is -2.43. The van der Waals surface area contributed by atoms with Crippen molar-refractivity contribution in [1.82, 2.24) is 15.1 Å². The lowest BCUT2D eigenvalue weighted by molar-refractivity contribution is -0.127. The zero-order chi connectivity index (χ0) is 15.6. The second-order valence-electron chi connectivity index (χ2n) is 7.58. The fourth-order valence-electron chi connectivity index (χ4n) is 3.76. The SMILES string of the molecule is CN(C)C(=O)CN=C(NC1CC1)N1CCC2(CCCCC2)C1. The van der Waals surface area contributed by atoms with E-state index in [0.717, 1.165) is 19.0 Å². The van der Waals surface area contributed by atoms with E-state index in [1.165, 1.54) is 51.4 Å². The van der Waals surface area contributed by atoms with Gasteiger partial charge in [0.15, 0.2) is 5.96 Å². The van der Waals surface area contributed by atoms with Crippen molar-refractivity contribution in [3.05, 3.63) is 0 Å². The molecule has 3 rings (SSSR count). The molecule has 0 unspecified atom stereocenters. The molecule has 0 aromatic heterocycles. The number of nitrogens with one attached hydrogen (secondary N) is 1. The van der Waals surface area contributed by atoms with Crippen LogP contribution in [0.4, 0.5) is 0 Å². The van der Waals surface area contributed by atoms with Crippen molar-refractivity contribution < 1.29 is 4.79 Å². The first kappa shape index (κ1) is 15.6. The van der Waals surface area contributed by atoms with Crippen molar-refractivity contribution in [3.8, 4) is 0 Å². The van der Waals surface area contributed by atoms with Gasteiger partial charge in [0.05, 0.1) is 0 Å². The minimum Gasteiger partial charge on any atom is -0.353 e. The largest absolute Gasteiger partial charge is 0.353 e. The molecule has 0 bridgehead atoms. The van der Waals surface area contributed by atoms with E-state index in [9.17, 15) is 4.79 Å². The molecule has 1 aliphatic heterocycles. The van der Waals surface area contributed by atoms with E-state index in [2.05, 4.69) is 15.2 Å². The molecule has 3 fully saturated rings. The maximum Gasteiger partial charge on any atom is 0.243 e. The van der Waals surface area contributed by atoms with E-state index in [-0.39, 0.29) is 12.5 Å². The van der Waals surface area contributed by atoms with Crippen molar-refractivity contribution in [2.75, 3.05) is 33.7 Å². The van der Waals surface area contributed by atoms with Gasteiger partial charge in [-0.25, -0.2) is 4.99 Å². The highest BCUT2D eigenvalue weighted by atomic mass is 16.2. The van der Waals surface area contributed by atoms with Gasteiger partial charge >= 0.3 is 0 Å². The Hall–Kier alpha value is -1.26. The average molecular weight is 306 g/mol. The monoisotopic (exact) mass is 306 g/mol. The minimum absolute atomic E-state index is 0.0710. The Kier molecular flexibility index (Phi) is 4.59. The van der Waals surface area contributed by atoms with Crippen LogP contribution in [0.1, 0.15) is 51.4 Å². The maximum absolute atomic E-state index is 11.8. The summed E-state index contributed by atoms with van der Waals surface area (Å²) in [6.07, 6.45) is 10.7. The molecule has 1 saturated heterocycles. The molecule has 0 radical (unpaired) electrons. The number of likely N-dealkylation sites (N-methyl/N-ethyl adjacent to an activating group) is 1. The highest BCUT2D eigenvalue weighted by Crippen LogP contribution is 2.43. The van der Waals surface area contributed by atoms with Crippen molar-refractivity contribution in [2.24, 2.45) is 10.4 Å². The fourth-order valence-corrected chi connectivity index (χ4v) is 3.76. The summed E-state index contributed by atoms with van der Waals surface area (Å²) in [6.45, 7) is 2.47. The van der Waals surface area contributed by atoms with Crippen LogP contribution < -0.4 is 5.32 Å². The van der Waals surface area contributed by atoms with Crippen LogP contribution in [0.2, 0.25) is 0 Å². The fraction of sp³-hybridized carbons (Fsp3) is 0.882. The molecule has 2 saturated carbocycles. The molecule has 0 aromatic carbocycles. The molecule has 3 aliphatic rings. The number of guanidine groups is 1. The summed E-state index contributed by atoms with van der Waals surface area (Å²) in [5, 5.41) is 3.55. The Balaban J connectivity index is 1.64. The number of hydrogen-bond donors (Lipinski definition) is 1. The number of rotatable bonds is 3. The summed E-state index contributed by atoms with van der Waals surface area (Å²) in [5.41, 5.74) is 0.524. The number of likely N-dealkylation sites (tertiary alicyclic amines) is 1. The van der Waals surface area contributed by atoms with Crippen molar-refractivity contribution >= 4 is 11.9 Å². The van der Waals surface area contributed by atoms with E-state index in [0.29, 0.717) is 11.5 Å². The van der Waals surface area contributed by atoms with Crippen LogP contribution in [0, 0.1) is 5.41 Å². The molecule has 5 heteroatoms. The quantitative estimate of drug-likeness (QED) is 0.639. The number of hydrogen-bond acceptors (Lipinski definition) is 2. The summed E-state index contributed by atoms with van der Waals surface area (Å²) in [5.74, 6) is 1.04. The third-order valence-corrected chi connectivity index (χ3v) is 5.43. The van der Waals surface area contributed by atoms with E-state index >= 15 is 0 Å². The van der Waals surface area contributed by atoms with Gasteiger partial charge in [0.1, 0.15) is 6.54 Å². The van der Waals surface area contributed by atoms with Crippen LogP contribution >= 0.6 is 0 Å². The number of nitrogens with zero attached hydrogens (tertiary/aromatic N) is 3. The number of amides is 1. The summed E-state index contributed by atoms with van der Waals surface area (Å²) in [4.78, 5) is 20.5. The van der Waals surface area contributed by atoms with Gasteiger partial charge in [-0.3, -0.25) is 4.79 Å². The Labute approximate surface area is 134 Å². The van der Waals surface area contributed by atoms with E-state index in [4.69, 9.17) is 0 Å². The molecular weight excluding hydrogens is 276 g/mol. The normalized spacial score (nSPS) is 24.6. The first-order valence-electron chi connectivity index (χ1n) is 8.84. The van der Waals surface area contributed by atoms with Crippen LogP contribution in [0.3, 0.4) is 0 Å². The number of carbonyl (C=O) groups is 1. The number of aliphatic imine (C=N–C) groups is 1. The molecular formula is C17H30N4O. The lowest BCUT2D eigenvalue weighted by Gasteiger charge is -2.33. The predicted molar refractivity (Wildman–Crippen MR) is 88.9 cm³/mol. The molecule has 124 valence electrons. The van der Waals surface area contributed by atoms with Crippen LogP contribution in [-0.4, -0.2) is 61.4 Å². The topological polar surface area (TPSA) is 47.9 Å². The molecule has 2 aliphatic carbocycles. The molecule has 1 amide bonds. The van der Waals surface area contributed by atoms with Crippen LogP contribution in [-0.2, 0) is 4.79 Å².